The van der Waals surface area contributed by atoms with Crippen molar-refractivity contribution >= 4 is 5.97 Å². The first kappa shape index (κ1) is 14.3. The van der Waals surface area contributed by atoms with Crippen LogP contribution in [-0.4, -0.2) is 22.9 Å². The molecule has 0 aliphatic rings. The number of ether oxygens (including phenoxy) is 1. The second-order valence-electron chi connectivity index (χ2n) is 4.80. The molecule has 0 bridgehead atoms. The second kappa shape index (κ2) is 5.88. The van der Waals surface area contributed by atoms with Crippen LogP contribution in [0.25, 0.3) is 0 Å². The zero-order valence-corrected chi connectivity index (χ0v) is 11.7. The maximum Gasteiger partial charge on any atom is 0.330 e. The molecule has 1 aromatic heterocycles. The topological polar surface area (TPSA) is 70.1 Å². The Balaban J connectivity index is 2.22. The van der Waals surface area contributed by atoms with Gasteiger partial charge in [0.1, 0.15) is 5.54 Å². The van der Waals surface area contributed by atoms with Gasteiger partial charge in [-0.05, 0) is 25.0 Å². The third-order valence-corrected chi connectivity index (χ3v) is 3.35. The summed E-state index contributed by atoms with van der Waals surface area (Å²) < 4.78 is 6.65. The summed E-state index contributed by atoms with van der Waals surface area (Å²) in [4.78, 5) is 12.1. The van der Waals surface area contributed by atoms with Gasteiger partial charge in [-0.25, -0.2) is 4.79 Å². The molecule has 2 rings (SSSR count). The molecule has 1 unspecified atom stereocenters. The number of hydrogen-bond donors (Lipinski definition) is 1. The molecule has 5 nitrogen and oxygen atoms in total. The summed E-state index contributed by atoms with van der Waals surface area (Å²) in [7, 11) is 1.35. The number of esters is 1. The fourth-order valence-corrected chi connectivity index (χ4v) is 2.16. The van der Waals surface area contributed by atoms with E-state index in [-0.39, 0.29) is 0 Å². The molecule has 2 N–H and O–H groups in total. The van der Waals surface area contributed by atoms with Crippen LogP contribution < -0.4 is 5.73 Å². The van der Waals surface area contributed by atoms with Gasteiger partial charge < -0.3 is 10.5 Å². The summed E-state index contributed by atoms with van der Waals surface area (Å²) in [6, 6.07) is 11.2. The molecular weight excluding hydrogens is 254 g/mol. The number of nitrogens with zero attached hydrogens (tertiary/aromatic N) is 2. The quantitative estimate of drug-likeness (QED) is 0.840. The average Bonchev–Trinajstić information content (AvgIpc) is 2.90. The number of benzene rings is 1. The first-order valence-corrected chi connectivity index (χ1v) is 6.49. The highest BCUT2D eigenvalue weighted by Gasteiger charge is 2.36. The lowest BCUT2D eigenvalue weighted by Crippen LogP contribution is -2.46. The molecule has 0 fully saturated rings. The van der Waals surface area contributed by atoms with Crippen LogP contribution in [0.2, 0.25) is 0 Å². The van der Waals surface area contributed by atoms with Crippen LogP contribution in [0.15, 0.2) is 42.6 Å². The van der Waals surface area contributed by atoms with E-state index in [1.807, 2.05) is 49.5 Å². The molecule has 5 heteroatoms. The number of nitrogens with two attached hydrogens (primary N) is 1. The summed E-state index contributed by atoms with van der Waals surface area (Å²) in [6.07, 6.45) is 2.29. The number of carbonyl (C=O) groups excluding carboxylic acids is 1. The third kappa shape index (κ3) is 2.88. The van der Waals surface area contributed by atoms with Crippen LogP contribution >= 0.6 is 0 Å². The highest BCUT2D eigenvalue weighted by atomic mass is 16.5. The van der Waals surface area contributed by atoms with E-state index in [2.05, 4.69) is 5.10 Å². The Labute approximate surface area is 118 Å². The maximum absolute atomic E-state index is 12.1. The first-order chi connectivity index (χ1) is 9.56. The Morgan fingerprint density at radius 1 is 1.35 bits per heavy atom. The average molecular weight is 273 g/mol. The lowest BCUT2D eigenvalue weighted by molar-refractivity contribution is -0.148. The van der Waals surface area contributed by atoms with Crippen molar-refractivity contribution in [3.8, 4) is 0 Å². The zero-order valence-electron chi connectivity index (χ0n) is 11.7. The smallest absolute Gasteiger partial charge is 0.330 e. The van der Waals surface area contributed by atoms with E-state index in [1.54, 1.807) is 4.68 Å². The monoisotopic (exact) mass is 273 g/mol. The Kier molecular flexibility index (Phi) is 4.20. The van der Waals surface area contributed by atoms with Crippen LogP contribution in [0, 0.1) is 6.92 Å². The van der Waals surface area contributed by atoms with E-state index in [4.69, 9.17) is 10.5 Å². The Morgan fingerprint density at radius 3 is 2.60 bits per heavy atom. The molecule has 0 saturated heterocycles. The van der Waals surface area contributed by atoms with E-state index in [1.165, 1.54) is 7.11 Å². The molecule has 0 aliphatic heterocycles. The Hall–Kier alpha value is -2.14. The van der Waals surface area contributed by atoms with Gasteiger partial charge >= 0.3 is 5.97 Å². The summed E-state index contributed by atoms with van der Waals surface area (Å²) in [6.45, 7) is 2.47. The van der Waals surface area contributed by atoms with Crippen molar-refractivity contribution < 1.29 is 9.53 Å². The third-order valence-electron chi connectivity index (χ3n) is 3.35. The fourth-order valence-electron chi connectivity index (χ4n) is 2.16. The largest absolute Gasteiger partial charge is 0.467 e. The minimum absolute atomic E-state index is 0.421. The molecule has 0 aliphatic carbocycles. The minimum Gasteiger partial charge on any atom is -0.467 e. The molecule has 0 radical (unpaired) electrons. The molecule has 1 atom stereocenters. The number of hydrogen-bond acceptors (Lipinski definition) is 4. The molecule has 0 saturated carbocycles. The molecule has 0 spiro atoms. The molecular formula is C15H19N3O2. The van der Waals surface area contributed by atoms with Gasteiger partial charge in [0.25, 0.3) is 0 Å². The van der Waals surface area contributed by atoms with E-state index in [0.29, 0.717) is 13.0 Å². The van der Waals surface area contributed by atoms with Gasteiger partial charge in [0, 0.05) is 12.7 Å². The standard InChI is InChI=1S/C15H19N3O2/c1-12-8-10-18(17-12)11-9-15(16,14(19)20-2)13-6-4-3-5-7-13/h3-8,10H,9,11,16H2,1-2H3. The summed E-state index contributed by atoms with van der Waals surface area (Å²) in [5.74, 6) is -0.437. The number of carbonyl (C=O) groups is 1. The van der Waals surface area contributed by atoms with Crippen LogP contribution in [0.4, 0.5) is 0 Å². The van der Waals surface area contributed by atoms with E-state index in [9.17, 15) is 4.79 Å². The summed E-state index contributed by atoms with van der Waals surface area (Å²) in [5.41, 5.74) is 6.84. The molecule has 0 amide bonds. The first-order valence-electron chi connectivity index (χ1n) is 6.49. The van der Waals surface area contributed by atoms with Gasteiger partial charge in [-0.3, -0.25) is 4.68 Å². The normalized spacial score (nSPS) is 13.8. The molecule has 20 heavy (non-hydrogen) atoms. The van der Waals surface area contributed by atoms with Crippen molar-refractivity contribution in [2.75, 3.05) is 7.11 Å². The van der Waals surface area contributed by atoms with E-state index < -0.39 is 11.5 Å². The van der Waals surface area contributed by atoms with Crippen LogP contribution in [0.1, 0.15) is 17.7 Å². The van der Waals surface area contributed by atoms with Gasteiger partial charge in [-0.2, -0.15) is 5.10 Å². The number of aromatic nitrogens is 2. The fraction of sp³-hybridized carbons (Fsp3) is 0.333. The minimum atomic E-state index is -1.16. The van der Waals surface area contributed by atoms with E-state index >= 15 is 0 Å². The van der Waals surface area contributed by atoms with Crippen molar-refractivity contribution in [1.82, 2.24) is 9.78 Å². The molecule has 106 valence electrons. The van der Waals surface area contributed by atoms with Crippen LogP contribution in [-0.2, 0) is 21.6 Å². The van der Waals surface area contributed by atoms with Crippen molar-refractivity contribution in [2.45, 2.75) is 25.4 Å². The predicted octanol–water partition coefficient (Wildman–Crippen LogP) is 1.61. The highest BCUT2D eigenvalue weighted by molar-refractivity contribution is 5.82. The SMILES string of the molecule is COC(=O)C(N)(CCn1ccc(C)n1)c1ccccc1. The highest BCUT2D eigenvalue weighted by Crippen LogP contribution is 2.24. The van der Waals surface area contributed by atoms with E-state index in [0.717, 1.165) is 11.3 Å². The van der Waals surface area contributed by atoms with Gasteiger partial charge in [0.2, 0.25) is 0 Å². The lowest BCUT2D eigenvalue weighted by atomic mass is 9.87. The van der Waals surface area contributed by atoms with Crippen molar-refractivity contribution in [2.24, 2.45) is 5.73 Å². The molecule has 1 aromatic carbocycles. The van der Waals surface area contributed by atoms with Crippen molar-refractivity contribution in [3.63, 3.8) is 0 Å². The van der Waals surface area contributed by atoms with Crippen LogP contribution in [0.5, 0.6) is 0 Å². The van der Waals surface area contributed by atoms with Gasteiger partial charge in [0.05, 0.1) is 12.8 Å². The molecule has 2 aromatic rings. The number of methoxy groups -OCH3 is 1. The number of aryl methyl sites for hydroxylation is 2. The van der Waals surface area contributed by atoms with Crippen molar-refractivity contribution in [3.05, 3.63) is 53.9 Å². The second-order valence-corrected chi connectivity index (χ2v) is 4.80. The van der Waals surface area contributed by atoms with Crippen molar-refractivity contribution in [1.29, 1.82) is 0 Å². The Bertz CT molecular complexity index is 580. The molecule has 1 heterocycles. The summed E-state index contributed by atoms with van der Waals surface area (Å²) in [5, 5.41) is 4.30. The number of rotatable bonds is 5. The van der Waals surface area contributed by atoms with Crippen LogP contribution in [0.3, 0.4) is 0 Å². The summed E-state index contributed by atoms with van der Waals surface area (Å²) >= 11 is 0. The van der Waals surface area contributed by atoms with Gasteiger partial charge in [-0.1, -0.05) is 30.3 Å². The predicted molar refractivity (Wildman–Crippen MR) is 75.9 cm³/mol. The zero-order chi connectivity index (χ0) is 14.6. The van der Waals surface area contributed by atoms with Gasteiger partial charge in [0.15, 0.2) is 0 Å². The lowest BCUT2D eigenvalue weighted by Gasteiger charge is -2.27. The Morgan fingerprint density at radius 2 is 2.05 bits per heavy atom. The maximum atomic E-state index is 12.1. The van der Waals surface area contributed by atoms with Gasteiger partial charge in [-0.15, -0.1) is 0 Å².